The fourth-order valence-electron chi connectivity index (χ4n) is 1.91. The van der Waals surface area contributed by atoms with Crippen LogP contribution in [0.2, 0.25) is 0 Å². The molecule has 1 aliphatic rings. The molecule has 1 atom stereocenters. The summed E-state index contributed by atoms with van der Waals surface area (Å²) in [7, 11) is 0. The Hall–Kier alpha value is -1.51. The van der Waals surface area contributed by atoms with E-state index in [4.69, 9.17) is 10.5 Å². The maximum Gasteiger partial charge on any atom is 0.282 e. The molecule has 0 fully saturated rings. The number of aliphatic imine (C=N–C) groups is 1. The molecule has 1 unspecified atom stereocenters. The molecule has 0 radical (unpaired) electrons. The van der Waals surface area contributed by atoms with Crippen LogP contribution in [0.5, 0.6) is 0 Å². The highest BCUT2D eigenvalue weighted by Crippen LogP contribution is 2.22. The van der Waals surface area contributed by atoms with Gasteiger partial charge in [0.05, 0.1) is 6.54 Å². The summed E-state index contributed by atoms with van der Waals surface area (Å²) >= 11 is 0. The molecule has 0 aromatic heterocycles. The SMILES string of the molecule is CC(C)Cc1ccc(C2CN=C(N)O2)cc1. The van der Waals surface area contributed by atoms with Gasteiger partial charge in [0.1, 0.15) is 6.10 Å². The maximum absolute atomic E-state index is 5.49. The van der Waals surface area contributed by atoms with Crippen molar-refractivity contribution in [3.8, 4) is 0 Å². The molecule has 3 nitrogen and oxygen atoms in total. The number of nitrogens with zero attached hydrogens (tertiary/aromatic N) is 1. The summed E-state index contributed by atoms with van der Waals surface area (Å²) in [6, 6.07) is 8.84. The van der Waals surface area contributed by atoms with Gasteiger partial charge in [-0.3, -0.25) is 0 Å². The largest absolute Gasteiger partial charge is 0.455 e. The zero-order chi connectivity index (χ0) is 11.5. The molecule has 0 amide bonds. The van der Waals surface area contributed by atoms with E-state index in [1.165, 1.54) is 5.56 Å². The molecular weight excluding hydrogens is 200 g/mol. The first-order valence-electron chi connectivity index (χ1n) is 5.70. The highest BCUT2D eigenvalue weighted by Gasteiger charge is 2.19. The van der Waals surface area contributed by atoms with Gasteiger partial charge in [0.15, 0.2) is 0 Å². The minimum atomic E-state index is 0.00750. The Labute approximate surface area is 96.3 Å². The number of hydrogen-bond acceptors (Lipinski definition) is 3. The van der Waals surface area contributed by atoms with Gasteiger partial charge >= 0.3 is 0 Å². The summed E-state index contributed by atoms with van der Waals surface area (Å²) in [4.78, 5) is 4.04. The Kier molecular flexibility index (Phi) is 3.13. The normalized spacial score (nSPS) is 19.7. The third-order valence-corrected chi connectivity index (χ3v) is 2.67. The standard InChI is InChI=1S/C13H18N2O/c1-9(2)7-10-3-5-11(6-4-10)12-8-15-13(14)16-12/h3-6,9,12H,7-8H2,1-2H3,(H2,14,15). The molecule has 2 N–H and O–H groups in total. The van der Waals surface area contributed by atoms with E-state index in [1.54, 1.807) is 0 Å². The monoisotopic (exact) mass is 218 g/mol. The molecule has 0 spiro atoms. The number of hydrogen-bond donors (Lipinski definition) is 1. The lowest BCUT2D eigenvalue weighted by Crippen LogP contribution is -2.13. The Morgan fingerprint density at radius 3 is 2.56 bits per heavy atom. The van der Waals surface area contributed by atoms with E-state index in [9.17, 15) is 0 Å². The molecule has 1 aliphatic heterocycles. The molecule has 86 valence electrons. The Bertz CT molecular complexity index is 381. The number of amidine groups is 1. The number of nitrogens with two attached hydrogens (primary N) is 1. The van der Waals surface area contributed by atoms with Crippen molar-refractivity contribution >= 4 is 6.02 Å². The van der Waals surface area contributed by atoms with E-state index >= 15 is 0 Å². The van der Waals surface area contributed by atoms with Crippen LogP contribution in [0.15, 0.2) is 29.3 Å². The van der Waals surface area contributed by atoms with Crippen LogP contribution >= 0.6 is 0 Å². The zero-order valence-electron chi connectivity index (χ0n) is 9.81. The van der Waals surface area contributed by atoms with Crippen molar-refractivity contribution in [2.24, 2.45) is 16.6 Å². The molecule has 1 aromatic carbocycles. The summed E-state index contributed by atoms with van der Waals surface area (Å²) < 4.78 is 5.40. The molecule has 0 aliphatic carbocycles. The highest BCUT2D eigenvalue weighted by molar-refractivity contribution is 5.73. The van der Waals surface area contributed by atoms with Crippen molar-refractivity contribution in [1.29, 1.82) is 0 Å². The number of rotatable bonds is 3. The molecule has 1 aromatic rings. The molecule has 0 saturated heterocycles. The number of benzene rings is 1. The summed E-state index contributed by atoms with van der Waals surface area (Å²) in [5.41, 5.74) is 8.00. The fourth-order valence-corrected chi connectivity index (χ4v) is 1.91. The van der Waals surface area contributed by atoms with Crippen molar-refractivity contribution in [3.63, 3.8) is 0 Å². The lowest BCUT2D eigenvalue weighted by Gasteiger charge is -2.11. The third-order valence-electron chi connectivity index (χ3n) is 2.67. The van der Waals surface area contributed by atoms with Crippen LogP contribution in [-0.2, 0) is 11.2 Å². The molecule has 2 rings (SSSR count). The maximum atomic E-state index is 5.49. The molecular formula is C13H18N2O. The van der Waals surface area contributed by atoms with E-state index in [0.717, 1.165) is 12.0 Å². The van der Waals surface area contributed by atoms with E-state index in [1.807, 2.05) is 0 Å². The summed E-state index contributed by atoms with van der Waals surface area (Å²) in [5, 5.41) is 0. The first-order chi connectivity index (χ1) is 7.65. The van der Waals surface area contributed by atoms with Crippen molar-refractivity contribution in [1.82, 2.24) is 0 Å². The van der Waals surface area contributed by atoms with Crippen molar-refractivity contribution in [3.05, 3.63) is 35.4 Å². The Balaban J connectivity index is 2.02. The van der Waals surface area contributed by atoms with Crippen LogP contribution in [0.1, 0.15) is 31.1 Å². The van der Waals surface area contributed by atoms with Gasteiger partial charge in [-0.1, -0.05) is 38.1 Å². The van der Waals surface area contributed by atoms with E-state index in [2.05, 4.69) is 43.1 Å². The minimum absolute atomic E-state index is 0.00750. The predicted molar refractivity (Wildman–Crippen MR) is 65.3 cm³/mol. The lowest BCUT2D eigenvalue weighted by atomic mass is 10.0. The Morgan fingerprint density at radius 2 is 2.06 bits per heavy atom. The van der Waals surface area contributed by atoms with Gasteiger partial charge in [-0.2, -0.15) is 0 Å². The van der Waals surface area contributed by atoms with Crippen LogP contribution < -0.4 is 5.73 Å². The minimum Gasteiger partial charge on any atom is -0.455 e. The topological polar surface area (TPSA) is 47.6 Å². The average Bonchev–Trinajstić information content (AvgIpc) is 2.65. The van der Waals surface area contributed by atoms with Gasteiger partial charge in [0.25, 0.3) is 6.02 Å². The van der Waals surface area contributed by atoms with Gasteiger partial charge in [-0.25, -0.2) is 4.99 Å². The Morgan fingerprint density at radius 1 is 1.38 bits per heavy atom. The summed E-state index contributed by atoms with van der Waals surface area (Å²) in [6.45, 7) is 5.08. The molecule has 0 bridgehead atoms. The quantitative estimate of drug-likeness (QED) is 0.846. The molecule has 16 heavy (non-hydrogen) atoms. The fraction of sp³-hybridized carbons (Fsp3) is 0.462. The smallest absolute Gasteiger partial charge is 0.282 e. The first kappa shape index (κ1) is 11.0. The lowest BCUT2D eigenvalue weighted by molar-refractivity contribution is 0.226. The average molecular weight is 218 g/mol. The molecule has 1 heterocycles. The highest BCUT2D eigenvalue weighted by atomic mass is 16.5. The van der Waals surface area contributed by atoms with E-state index < -0.39 is 0 Å². The van der Waals surface area contributed by atoms with Crippen molar-refractivity contribution in [2.45, 2.75) is 26.4 Å². The number of ether oxygens (including phenoxy) is 1. The van der Waals surface area contributed by atoms with Gasteiger partial charge in [0.2, 0.25) is 0 Å². The van der Waals surface area contributed by atoms with Crippen LogP contribution in [0.25, 0.3) is 0 Å². The van der Waals surface area contributed by atoms with E-state index in [0.29, 0.717) is 18.5 Å². The van der Waals surface area contributed by atoms with Crippen molar-refractivity contribution in [2.75, 3.05) is 6.54 Å². The second-order valence-electron chi connectivity index (χ2n) is 4.62. The van der Waals surface area contributed by atoms with Crippen LogP contribution in [0, 0.1) is 5.92 Å². The van der Waals surface area contributed by atoms with Crippen LogP contribution in [0.4, 0.5) is 0 Å². The van der Waals surface area contributed by atoms with Crippen LogP contribution in [0.3, 0.4) is 0 Å². The molecule has 0 saturated carbocycles. The summed E-state index contributed by atoms with van der Waals surface area (Å²) in [6.07, 6.45) is 1.12. The first-order valence-corrected chi connectivity index (χ1v) is 5.70. The predicted octanol–water partition coefficient (Wildman–Crippen LogP) is 2.27. The van der Waals surface area contributed by atoms with Gasteiger partial charge < -0.3 is 10.5 Å². The second-order valence-corrected chi connectivity index (χ2v) is 4.62. The zero-order valence-corrected chi connectivity index (χ0v) is 9.81. The van der Waals surface area contributed by atoms with Crippen molar-refractivity contribution < 1.29 is 4.74 Å². The van der Waals surface area contributed by atoms with Gasteiger partial charge in [0, 0.05) is 0 Å². The van der Waals surface area contributed by atoms with Gasteiger partial charge in [-0.15, -0.1) is 0 Å². The van der Waals surface area contributed by atoms with Gasteiger partial charge in [-0.05, 0) is 23.5 Å². The third kappa shape index (κ3) is 2.54. The van der Waals surface area contributed by atoms with E-state index in [-0.39, 0.29) is 6.10 Å². The molecule has 3 heteroatoms. The van der Waals surface area contributed by atoms with Crippen LogP contribution in [-0.4, -0.2) is 12.6 Å². The second kappa shape index (κ2) is 4.56. The summed E-state index contributed by atoms with van der Waals surface area (Å²) in [5.74, 6) is 0.688.